The van der Waals surface area contributed by atoms with Gasteiger partial charge in [0.2, 0.25) is 5.91 Å². The smallest absolute Gasteiger partial charge is 0.242 e. The van der Waals surface area contributed by atoms with Crippen LogP contribution in [-0.2, 0) is 11.3 Å². The summed E-state index contributed by atoms with van der Waals surface area (Å²) < 4.78 is 12.2. The van der Waals surface area contributed by atoms with Gasteiger partial charge in [0, 0.05) is 12.4 Å². The normalized spacial score (nSPS) is 9.50. The van der Waals surface area contributed by atoms with E-state index in [-0.39, 0.29) is 25.6 Å². The van der Waals surface area contributed by atoms with Crippen LogP contribution in [0.1, 0.15) is 0 Å². The van der Waals surface area contributed by atoms with Crippen LogP contribution >= 0.6 is 0 Å². The molecule has 22 heavy (non-hydrogen) atoms. The number of carbonyl (C=O) groups is 1. The summed E-state index contributed by atoms with van der Waals surface area (Å²) in [5.74, 6) is 6.83. The second kappa shape index (κ2) is 8.37. The summed E-state index contributed by atoms with van der Waals surface area (Å²) in [7, 11) is 1.59. The van der Waals surface area contributed by atoms with Gasteiger partial charge >= 0.3 is 0 Å². The van der Waals surface area contributed by atoms with Crippen LogP contribution < -0.4 is 14.8 Å². The van der Waals surface area contributed by atoms with E-state index in [1.165, 1.54) is 0 Å². The summed E-state index contributed by atoms with van der Waals surface area (Å²) >= 11 is 0. The number of hydrogen-bond acceptors (Lipinski definition) is 4. The maximum absolute atomic E-state index is 11.6. The molecule has 1 aromatic heterocycles. The van der Waals surface area contributed by atoms with Crippen LogP contribution in [0.4, 0.5) is 0 Å². The molecule has 6 heteroatoms. The molecule has 0 saturated carbocycles. The van der Waals surface area contributed by atoms with Crippen LogP contribution in [0.3, 0.4) is 0 Å². The SMILES string of the molecule is COc1ccccc1OCC#CCNC(=O)Cn1cccn1. The third-order valence-corrected chi connectivity index (χ3v) is 2.73. The Bertz CT molecular complexity index is 657. The van der Waals surface area contributed by atoms with Gasteiger partial charge in [0.05, 0.1) is 13.7 Å². The first-order valence-corrected chi connectivity index (χ1v) is 6.75. The fourth-order valence-corrected chi connectivity index (χ4v) is 1.71. The second-order valence-electron chi connectivity index (χ2n) is 4.27. The van der Waals surface area contributed by atoms with Crippen molar-refractivity contribution < 1.29 is 14.3 Å². The van der Waals surface area contributed by atoms with E-state index in [1.807, 2.05) is 24.3 Å². The standard InChI is InChI=1S/C16H17N3O3/c1-21-14-7-2-3-8-15(14)22-12-5-4-9-17-16(20)13-19-11-6-10-18-19/h2-3,6-8,10-11H,9,12-13H2,1H3,(H,17,20). The number of amides is 1. The van der Waals surface area contributed by atoms with Crippen molar-refractivity contribution in [2.45, 2.75) is 6.54 Å². The fraction of sp³-hybridized carbons (Fsp3) is 0.250. The summed E-state index contributed by atoms with van der Waals surface area (Å²) in [5.41, 5.74) is 0. The zero-order chi connectivity index (χ0) is 15.6. The lowest BCUT2D eigenvalue weighted by atomic mass is 10.3. The average molecular weight is 299 g/mol. The van der Waals surface area contributed by atoms with Gasteiger partial charge in [-0.15, -0.1) is 0 Å². The highest BCUT2D eigenvalue weighted by Gasteiger charge is 2.01. The Balaban J connectivity index is 1.68. The predicted molar refractivity (Wildman–Crippen MR) is 81.5 cm³/mol. The van der Waals surface area contributed by atoms with Gasteiger partial charge in [-0.3, -0.25) is 9.48 Å². The Kier molecular flexibility index (Phi) is 5.88. The van der Waals surface area contributed by atoms with Crippen LogP contribution in [0.25, 0.3) is 0 Å². The van der Waals surface area contributed by atoms with E-state index in [0.717, 1.165) is 0 Å². The minimum Gasteiger partial charge on any atom is -0.493 e. The van der Waals surface area contributed by atoms with E-state index in [2.05, 4.69) is 22.3 Å². The van der Waals surface area contributed by atoms with E-state index in [4.69, 9.17) is 9.47 Å². The molecule has 1 amide bonds. The Hall–Kier alpha value is -2.94. The van der Waals surface area contributed by atoms with Crippen LogP contribution in [0.5, 0.6) is 11.5 Å². The van der Waals surface area contributed by atoms with Crippen LogP contribution in [-0.4, -0.2) is 35.9 Å². The molecule has 0 saturated heterocycles. The maximum atomic E-state index is 11.6. The van der Waals surface area contributed by atoms with Crippen LogP contribution in [0.15, 0.2) is 42.7 Å². The lowest BCUT2D eigenvalue weighted by Gasteiger charge is -2.07. The molecule has 0 aliphatic heterocycles. The van der Waals surface area contributed by atoms with Crippen molar-refractivity contribution in [3.63, 3.8) is 0 Å². The Morgan fingerprint density at radius 1 is 1.27 bits per heavy atom. The van der Waals surface area contributed by atoms with Gasteiger partial charge in [0.1, 0.15) is 13.2 Å². The number of nitrogens with zero attached hydrogens (tertiary/aromatic N) is 2. The van der Waals surface area contributed by atoms with Crippen molar-refractivity contribution in [1.82, 2.24) is 15.1 Å². The Morgan fingerprint density at radius 3 is 2.82 bits per heavy atom. The van der Waals surface area contributed by atoms with Gasteiger partial charge in [0.15, 0.2) is 11.5 Å². The van der Waals surface area contributed by atoms with E-state index in [1.54, 1.807) is 30.3 Å². The van der Waals surface area contributed by atoms with Crippen molar-refractivity contribution in [2.24, 2.45) is 0 Å². The number of nitrogens with one attached hydrogen (secondary N) is 1. The van der Waals surface area contributed by atoms with Crippen molar-refractivity contribution in [1.29, 1.82) is 0 Å². The molecule has 6 nitrogen and oxygen atoms in total. The first kappa shape index (κ1) is 15.4. The molecular formula is C16H17N3O3. The highest BCUT2D eigenvalue weighted by molar-refractivity contribution is 5.75. The van der Waals surface area contributed by atoms with Crippen LogP contribution in [0.2, 0.25) is 0 Å². The Morgan fingerprint density at radius 2 is 2.09 bits per heavy atom. The number of rotatable bonds is 6. The molecule has 0 radical (unpaired) electrons. The summed E-state index contributed by atoms with van der Waals surface area (Å²) in [6.45, 7) is 0.692. The zero-order valence-electron chi connectivity index (χ0n) is 12.3. The molecule has 2 aromatic rings. The number of carbonyl (C=O) groups excluding carboxylic acids is 1. The Labute approximate surface area is 129 Å². The number of methoxy groups -OCH3 is 1. The predicted octanol–water partition coefficient (Wildman–Crippen LogP) is 1.09. The van der Waals surface area contributed by atoms with Gasteiger partial charge in [-0.1, -0.05) is 24.0 Å². The molecular weight excluding hydrogens is 282 g/mol. The number of aromatic nitrogens is 2. The highest BCUT2D eigenvalue weighted by atomic mass is 16.5. The van der Waals surface area contributed by atoms with Crippen molar-refractivity contribution in [3.05, 3.63) is 42.7 Å². The molecule has 0 unspecified atom stereocenters. The lowest BCUT2D eigenvalue weighted by Crippen LogP contribution is -2.28. The van der Waals surface area contributed by atoms with Gasteiger partial charge < -0.3 is 14.8 Å². The topological polar surface area (TPSA) is 65.4 Å². The lowest BCUT2D eigenvalue weighted by molar-refractivity contribution is -0.121. The summed E-state index contributed by atoms with van der Waals surface area (Å²) in [6.07, 6.45) is 3.36. The third kappa shape index (κ3) is 4.87. The van der Waals surface area contributed by atoms with Crippen molar-refractivity contribution >= 4 is 5.91 Å². The largest absolute Gasteiger partial charge is 0.493 e. The molecule has 0 fully saturated rings. The summed E-state index contributed by atoms with van der Waals surface area (Å²) in [6, 6.07) is 9.13. The second-order valence-corrected chi connectivity index (χ2v) is 4.27. The molecule has 1 aromatic carbocycles. The monoisotopic (exact) mass is 299 g/mol. The highest BCUT2D eigenvalue weighted by Crippen LogP contribution is 2.25. The van der Waals surface area contributed by atoms with E-state index in [9.17, 15) is 4.79 Å². The molecule has 0 spiro atoms. The number of para-hydroxylation sites is 2. The quantitative estimate of drug-likeness (QED) is 0.811. The number of hydrogen-bond donors (Lipinski definition) is 1. The van der Waals surface area contributed by atoms with E-state index < -0.39 is 0 Å². The van der Waals surface area contributed by atoms with Gasteiger partial charge in [-0.25, -0.2) is 0 Å². The molecule has 1 heterocycles. The summed E-state index contributed by atoms with van der Waals surface area (Å²) in [5, 5.41) is 6.64. The van der Waals surface area contributed by atoms with Crippen LogP contribution in [0, 0.1) is 11.8 Å². The maximum Gasteiger partial charge on any atom is 0.242 e. The van der Waals surface area contributed by atoms with E-state index >= 15 is 0 Å². The van der Waals surface area contributed by atoms with E-state index in [0.29, 0.717) is 11.5 Å². The molecule has 1 N–H and O–H groups in total. The number of benzene rings is 1. The minimum atomic E-state index is -0.136. The first-order chi connectivity index (χ1) is 10.8. The fourth-order valence-electron chi connectivity index (χ4n) is 1.71. The first-order valence-electron chi connectivity index (χ1n) is 6.75. The average Bonchev–Trinajstić information content (AvgIpc) is 3.04. The molecule has 0 aliphatic carbocycles. The van der Waals surface area contributed by atoms with Gasteiger partial charge in [0.25, 0.3) is 0 Å². The molecule has 0 bridgehead atoms. The van der Waals surface area contributed by atoms with Gasteiger partial charge in [-0.05, 0) is 18.2 Å². The molecule has 0 aliphatic rings. The van der Waals surface area contributed by atoms with Crippen molar-refractivity contribution in [3.8, 4) is 23.3 Å². The molecule has 0 atom stereocenters. The minimum absolute atomic E-state index is 0.136. The van der Waals surface area contributed by atoms with Crippen molar-refractivity contribution in [2.75, 3.05) is 20.3 Å². The van der Waals surface area contributed by atoms with Gasteiger partial charge in [-0.2, -0.15) is 5.10 Å². The molecule has 114 valence electrons. The third-order valence-electron chi connectivity index (χ3n) is 2.73. The number of ether oxygens (including phenoxy) is 2. The summed E-state index contributed by atoms with van der Waals surface area (Å²) in [4.78, 5) is 11.6. The zero-order valence-corrected chi connectivity index (χ0v) is 12.3. The molecule has 2 rings (SSSR count).